The summed E-state index contributed by atoms with van der Waals surface area (Å²) in [5.74, 6) is 0.238. The number of halogens is 1. The summed E-state index contributed by atoms with van der Waals surface area (Å²) in [6.07, 6.45) is 0. The van der Waals surface area contributed by atoms with Gasteiger partial charge in [-0.05, 0) is 40.7 Å². The van der Waals surface area contributed by atoms with Crippen LogP contribution in [0, 0.1) is 5.82 Å². The van der Waals surface area contributed by atoms with Crippen molar-refractivity contribution in [3.8, 4) is 11.5 Å². The second-order valence-corrected chi connectivity index (χ2v) is 7.68. The molecule has 0 atom stereocenters. The van der Waals surface area contributed by atoms with Gasteiger partial charge in [0.05, 0.1) is 0 Å². The van der Waals surface area contributed by atoms with Gasteiger partial charge in [-0.15, -0.1) is 0 Å². The van der Waals surface area contributed by atoms with E-state index in [1.165, 1.54) is 18.2 Å². The Bertz CT molecular complexity index is 649. The molecule has 2 nitrogen and oxygen atoms in total. The molecule has 0 unspecified atom stereocenters. The fourth-order valence-electron chi connectivity index (χ4n) is 2.22. The van der Waals surface area contributed by atoms with Gasteiger partial charge in [0.1, 0.15) is 17.3 Å². The van der Waals surface area contributed by atoms with Gasteiger partial charge in [-0.25, -0.2) is 4.39 Å². The van der Waals surface area contributed by atoms with E-state index in [-0.39, 0.29) is 22.4 Å². The molecule has 2 aromatic rings. The quantitative estimate of drug-likeness (QED) is 0.671. The van der Waals surface area contributed by atoms with Crippen LogP contribution < -0.4 is 0 Å². The fourth-order valence-corrected chi connectivity index (χ4v) is 2.22. The van der Waals surface area contributed by atoms with E-state index >= 15 is 0 Å². The number of benzene rings is 2. The minimum atomic E-state index is -0.308. The van der Waals surface area contributed by atoms with Crippen molar-refractivity contribution in [1.82, 2.24) is 0 Å². The van der Waals surface area contributed by atoms with Crippen molar-refractivity contribution in [2.45, 2.75) is 52.4 Å². The highest BCUT2D eigenvalue weighted by Crippen LogP contribution is 2.31. The summed E-state index contributed by atoms with van der Waals surface area (Å²) in [7, 11) is 0. The molecular formula is C20H27FO2. The van der Waals surface area contributed by atoms with Crippen LogP contribution in [-0.2, 0) is 10.8 Å². The van der Waals surface area contributed by atoms with Gasteiger partial charge in [0.2, 0.25) is 0 Å². The summed E-state index contributed by atoms with van der Waals surface area (Å²) in [6, 6.07) is 11.5. The third-order valence-electron chi connectivity index (χ3n) is 3.48. The van der Waals surface area contributed by atoms with Crippen molar-refractivity contribution in [2.75, 3.05) is 0 Å². The van der Waals surface area contributed by atoms with E-state index in [1.54, 1.807) is 6.07 Å². The van der Waals surface area contributed by atoms with Crippen LogP contribution in [0.15, 0.2) is 42.5 Å². The number of phenolic OH excluding ortho intramolecular Hbond substituents is 2. The van der Waals surface area contributed by atoms with Crippen molar-refractivity contribution in [2.24, 2.45) is 0 Å². The summed E-state index contributed by atoms with van der Waals surface area (Å²) in [5.41, 5.74) is 1.46. The van der Waals surface area contributed by atoms with Crippen molar-refractivity contribution in [3.63, 3.8) is 0 Å². The highest BCUT2D eigenvalue weighted by Gasteiger charge is 2.18. The zero-order chi connectivity index (χ0) is 17.8. The summed E-state index contributed by atoms with van der Waals surface area (Å²) in [6.45, 7) is 12.1. The summed E-state index contributed by atoms with van der Waals surface area (Å²) < 4.78 is 12.8. The molecule has 3 heteroatoms. The Labute approximate surface area is 138 Å². The normalized spacial score (nSPS) is 11.6. The Morgan fingerprint density at radius 1 is 0.696 bits per heavy atom. The Hall–Kier alpha value is -2.03. The van der Waals surface area contributed by atoms with Crippen LogP contribution in [0.25, 0.3) is 0 Å². The molecule has 0 aliphatic heterocycles. The monoisotopic (exact) mass is 318 g/mol. The number of hydrogen-bond donors (Lipinski definition) is 2. The van der Waals surface area contributed by atoms with Gasteiger partial charge < -0.3 is 10.2 Å². The highest BCUT2D eigenvalue weighted by atomic mass is 19.1. The molecule has 0 fully saturated rings. The van der Waals surface area contributed by atoms with Crippen LogP contribution in [-0.4, -0.2) is 10.2 Å². The predicted molar refractivity (Wildman–Crippen MR) is 93.6 cm³/mol. The standard InChI is InChI=1S/C10H13FO.C10H14O/c1-10(2,3)8-6-7(11)4-5-9(8)12;1-10(2,3)8-6-4-5-7-9(8)11/h4-6,12H,1-3H3;4-7,11H,1-3H3. The van der Waals surface area contributed by atoms with Gasteiger partial charge in [0, 0.05) is 5.56 Å². The van der Waals surface area contributed by atoms with E-state index in [2.05, 4.69) is 20.8 Å². The molecule has 0 aliphatic rings. The van der Waals surface area contributed by atoms with Crippen LogP contribution in [0.3, 0.4) is 0 Å². The lowest BCUT2D eigenvalue weighted by molar-refractivity contribution is 0.443. The van der Waals surface area contributed by atoms with Crippen LogP contribution in [0.1, 0.15) is 52.7 Å². The third kappa shape index (κ3) is 5.59. The number of hydrogen-bond acceptors (Lipinski definition) is 2. The topological polar surface area (TPSA) is 40.5 Å². The lowest BCUT2D eigenvalue weighted by atomic mass is 9.86. The van der Waals surface area contributed by atoms with E-state index in [1.807, 2.05) is 39.0 Å². The SMILES string of the molecule is CC(C)(C)c1cc(F)ccc1O.CC(C)(C)c1ccccc1O. The molecule has 2 N–H and O–H groups in total. The van der Waals surface area contributed by atoms with Gasteiger partial charge >= 0.3 is 0 Å². The van der Waals surface area contributed by atoms with E-state index in [0.29, 0.717) is 11.3 Å². The van der Waals surface area contributed by atoms with Crippen LogP contribution in [0.2, 0.25) is 0 Å². The summed E-state index contributed by atoms with van der Waals surface area (Å²) in [4.78, 5) is 0. The van der Waals surface area contributed by atoms with E-state index in [4.69, 9.17) is 0 Å². The highest BCUT2D eigenvalue weighted by molar-refractivity contribution is 5.37. The van der Waals surface area contributed by atoms with Gasteiger partial charge in [-0.1, -0.05) is 59.7 Å². The number of rotatable bonds is 0. The summed E-state index contributed by atoms with van der Waals surface area (Å²) >= 11 is 0. The molecule has 23 heavy (non-hydrogen) atoms. The third-order valence-corrected chi connectivity index (χ3v) is 3.48. The Morgan fingerprint density at radius 3 is 1.57 bits per heavy atom. The smallest absolute Gasteiger partial charge is 0.123 e. The first kappa shape index (κ1) is 19.0. The van der Waals surface area contributed by atoms with Gasteiger partial charge in [-0.3, -0.25) is 0 Å². The summed E-state index contributed by atoms with van der Waals surface area (Å²) in [5, 5.41) is 18.9. The zero-order valence-electron chi connectivity index (χ0n) is 14.8. The molecule has 0 spiro atoms. The van der Waals surface area contributed by atoms with Gasteiger partial charge in [-0.2, -0.15) is 0 Å². The predicted octanol–water partition coefficient (Wildman–Crippen LogP) is 5.52. The van der Waals surface area contributed by atoms with Crippen LogP contribution in [0.5, 0.6) is 11.5 Å². The lowest BCUT2D eigenvalue weighted by Gasteiger charge is -2.19. The molecule has 0 radical (unpaired) electrons. The maximum atomic E-state index is 12.8. The number of aromatic hydroxyl groups is 2. The number of phenols is 2. The minimum Gasteiger partial charge on any atom is -0.508 e. The molecular weight excluding hydrogens is 291 g/mol. The molecule has 2 aromatic carbocycles. The Morgan fingerprint density at radius 2 is 1.17 bits per heavy atom. The lowest BCUT2D eigenvalue weighted by Crippen LogP contribution is -2.11. The molecule has 126 valence electrons. The zero-order valence-corrected chi connectivity index (χ0v) is 14.8. The van der Waals surface area contributed by atoms with Crippen molar-refractivity contribution >= 4 is 0 Å². The van der Waals surface area contributed by atoms with Gasteiger partial charge in [0.15, 0.2) is 0 Å². The second kappa shape index (κ2) is 7.03. The first-order valence-corrected chi connectivity index (χ1v) is 7.70. The minimum absolute atomic E-state index is 0.0331. The first-order valence-electron chi connectivity index (χ1n) is 7.70. The van der Waals surface area contributed by atoms with Crippen molar-refractivity contribution in [3.05, 3.63) is 59.4 Å². The Balaban J connectivity index is 0.000000231. The van der Waals surface area contributed by atoms with Crippen molar-refractivity contribution < 1.29 is 14.6 Å². The molecule has 2 rings (SSSR count). The number of para-hydroxylation sites is 1. The first-order chi connectivity index (χ1) is 10.4. The van der Waals surface area contributed by atoms with Crippen molar-refractivity contribution in [1.29, 1.82) is 0 Å². The van der Waals surface area contributed by atoms with Crippen LogP contribution >= 0.6 is 0 Å². The largest absolute Gasteiger partial charge is 0.508 e. The fraction of sp³-hybridized carbons (Fsp3) is 0.400. The molecule has 0 bridgehead atoms. The second-order valence-electron chi connectivity index (χ2n) is 7.68. The van der Waals surface area contributed by atoms with E-state index in [9.17, 15) is 14.6 Å². The average molecular weight is 318 g/mol. The molecule has 0 aliphatic carbocycles. The molecule has 0 saturated carbocycles. The maximum Gasteiger partial charge on any atom is 0.123 e. The van der Waals surface area contributed by atoms with Gasteiger partial charge in [0.25, 0.3) is 0 Å². The molecule has 0 aromatic heterocycles. The average Bonchev–Trinajstić information content (AvgIpc) is 2.40. The molecule has 0 amide bonds. The maximum absolute atomic E-state index is 12.8. The van der Waals surface area contributed by atoms with Crippen LogP contribution in [0.4, 0.5) is 4.39 Å². The van der Waals surface area contributed by atoms with E-state index < -0.39 is 0 Å². The molecule has 0 saturated heterocycles. The molecule has 0 heterocycles. The Kier molecular flexibility index (Phi) is 5.81. The van der Waals surface area contributed by atoms with E-state index in [0.717, 1.165) is 5.56 Å².